The lowest BCUT2D eigenvalue weighted by atomic mass is 9.94. The molecule has 0 spiro atoms. The molecule has 0 aliphatic carbocycles. The summed E-state index contributed by atoms with van der Waals surface area (Å²) in [5, 5.41) is 0. The van der Waals surface area contributed by atoms with Gasteiger partial charge in [0, 0.05) is 0 Å². The Bertz CT molecular complexity index is 884. The lowest BCUT2D eigenvalue weighted by Gasteiger charge is -2.37. The van der Waals surface area contributed by atoms with Crippen molar-refractivity contribution in [3.63, 3.8) is 0 Å². The molecule has 32 heavy (non-hydrogen) atoms. The van der Waals surface area contributed by atoms with E-state index in [-0.39, 0.29) is 11.6 Å². The average Bonchev–Trinajstić information content (AvgIpc) is 2.63. The van der Waals surface area contributed by atoms with E-state index in [0.29, 0.717) is 6.08 Å². The fraction of sp³-hybridized carbons (Fsp3) is 0.500. The number of hydrogen-bond acceptors (Lipinski definition) is 1. The van der Waals surface area contributed by atoms with Crippen molar-refractivity contribution in [2.24, 2.45) is 4.40 Å². The van der Waals surface area contributed by atoms with E-state index >= 15 is 0 Å². The third-order valence-corrected chi connectivity index (χ3v) is 5.21. The maximum absolute atomic E-state index is 14.5. The molecular formula is C18H16F11NOS. The highest BCUT2D eigenvalue weighted by Crippen LogP contribution is 2.57. The van der Waals surface area contributed by atoms with Crippen LogP contribution in [0.25, 0.3) is 6.08 Å². The lowest BCUT2D eigenvalue weighted by Crippen LogP contribution is -2.67. The van der Waals surface area contributed by atoms with Gasteiger partial charge in [-0.3, -0.25) is 0 Å². The fourth-order valence-corrected chi connectivity index (χ4v) is 2.52. The van der Waals surface area contributed by atoms with E-state index in [1.165, 1.54) is 30.3 Å². The SMILES string of the molecule is CC(C)(C)S(=O)/N=C(/C=C/c1ccccc1)C(F)(F)C(F)(F)C(F)(F)C(F)(F)C(F)(F)F. The zero-order valence-electron chi connectivity index (χ0n) is 16.5. The second-order valence-corrected chi connectivity index (χ2v) is 9.28. The van der Waals surface area contributed by atoms with Gasteiger partial charge in [0.1, 0.15) is 16.7 Å². The van der Waals surface area contributed by atoms with Gasteiger partial charge in [-0.1, -0.05) is 36.4 Å². The topological polar surface area (TPSA) is 29.4 Å². The zero-order valence-corrected chi connectivity index (χ0v) is 17.3. The number of hydrogen-bond donors (Lipinski definition) is 0. The van der Waals surface area contributed by atoms with Gasteiger partial charge in [-0.05, 0) is 32.4 Å². The van der Waals surface area contributed by atoms with E-state index in [9.17, 15) is 52.5 Å². The summed E-state index contributed by atoms with van der Waals surface area (Å²) in [5.74, 6) is -28.8. The van der Waals surface area contributed by atoms with Crippen molar-refractivity contribution in [2.45, 2.75) is 55.4 Å². The van der Waals surface area contributed by atoms with Gasteiger partial charge in [-0.25, -0.2) is 4.21 Å². The smallest absolute Gasteiger partial charge is 0.234 e. The number of alkyl halides is 11. The number of nitrogens with zero attached hydrogens (tertiary/aromatic N) is 1. The largest absolute Gasteiger partial charge is 0.460 e. The minimum Gasteiger partial charge on any atom is -0.234 e. The number of allylic oxidation sites excluding steroid dienone is 1. The lowest BCUT2D eigenvalue weighted by molar-refractivity contribution is -0.414. The van der Waals surface area contributed by atoms with E-state index in [2.05, 4.69) is 4.40 Å². The monoisotopic (exact) mass is 503 g/mol. The minimum absolute atomic E-state index is 0.00526. The highest BCUT2D eigenvalue weighted by Gasteiger charge is 2.87. The van der Waals surface area contributed by atoms with Gasteiger partial charge in [0.2, 0.25) is 0 Å². The van der Waals surface area contributed by atoms with Gasteiger partial charge < -0.3 is 0 Å². The predicted molar refractivity (Wildman–Crippen MR) is 96.6 cm³/mol. The summed E-state index contributed by atoms with van der Waals surface area (Å²) in [5.41, 5.74) is -2.36. The maximum atomic E-state index is 14.5. The Kier molecular flexibility index (Phi) is 7.67. The Morgan fingerprint density at radius 1 is 0.781 bits per heavy atom. The number of halogens is 11. The van der Waals surface area contributed by atoms with E-state index in [4.69, 9.17) is 0 Å². The van der Waals surface area contributed by atoms with Gasteiger partial charge in [-0.15, -0.1) is 0 Å². The Hall–Kier alpha value is -1.99. The van der Waals surface area contributed by atoms with Crippen LogP contribution in [0.5, 0.6) is 0 Å². The first kappa shape index (κ1) is 28.0. The molecule has 0 aliphatic rings. The van der Waals surface area contributed by atoms with Crippen LogP contribution in [0.15, 0.2) is 40.8 Å². The number of benzene rings is 1. The Morgan fingerprint density at radius 2 is 1.25 bits per heavy atom. The van der Waals surface area contributed by atoms with Crippen molar-refractivity contribution in [1.29, 1.82) is 0 Å². The van der Waals surface area contributed by atoms with Gasteiger partial charge in [-0.2, -0.15) is 52.7 Å². The summed E-state index contributed by atoms with van der Waals surface area (Å²) in [7, 11) is -2.80. The summed E-state index contributed by atoms with van der Waals surface area (Å²) in [6, 6.07) is 6.64. The van der Waals surface area contributed by atoms with Crippen LogP contribution in [-0.2, 0) is 11.0 Å². The molecule has 0 saturated heterocycles. The van der Waals surface area contributed by atoms with E-state index in [1.54, 1.807) is 0 Å². The average molecular weight is 503 g/mol. The van der Waals surface area contributed by atoms with E-state index in [1.807, 2.05) is 0 Å². The molecule has 14 heteroatoms. The van der Waals surface area contributed by atoms with Crippen LogP contribution in [0.2, 0.25) is 0 Å². The predicted octanol–water partition coefficient (Wildman–Crippen LogP) is 6.71. The molecule has 0 saturated carbocycles. The van der Waals surface area contributed by atoms with Gasteiger partial charge >= 0.3 is 29.9 Å². The molecule has 0 aromatic heterocycles. The van der Waals surface area contributed by atoms with Crippen LogP contribution >= 0.6 is 0 Å². The second-order valence-electron chi connectivity index (χ2n) is 7.38. The molecule has 0 amide bonds. The highest BCUT2D eigenvalue weighted by molar-refractivity contribution is 7.85. The van der Waals surface area contributed by atoms with Gasteiger partial charge in [0.25, 0.3) is 0 Å². The summed E-state index contributed by atoms with van der Waals surface area (Å²) in [4.78, 5) is 0. The molecule has 0 heterocycles. The molecular weight excluding hydrogens is 487 g/mol. The maximum Gasteiger partial charge on any atom is 0.460 e. The first-order valence-corrected chi connectivity index (χ1v) is 9.53. The molecule has 0 fully saturated rings. The standard InChI is InChI=1S/C18H16F11NOS/c1-13(2,3)32(31)30-12(10-9-11-7-5-4-6-8-11)14(19,20)15(21,22)16(23,24)17(25,26)18(27,28)29/h4-10H,1-3H3/b10-9+,30-12-. The quantitative estimate of drug-likeness (QED) is 0.301. The molecule has 0 aliphatic heterocycles. The van der Waals surface area contributed by atoms with Crippen molar-refractivity contribution in [2.75, 3.05) is 0 Å². The van der Waals surface area contributed by atoms with Crippen LogP contribution < -0.4 is 0 Å². The normalized spacial score (nSPS) is 16.5. The Labute approximate surface area is 177 Å². The molecule has 1 unspecified atom stereocenters. The fourth-order valence-electron chi connectivity index (χ4n) is 1.89. The van der Waals surface area contributed by atoms with Crippen molar-refractivity contribution in [3.05, 3.63) is 42.0 Å². The molecule has 0 radical (unpaired) electrons. The van der Waals surface area contributed by atoms with E-state index < -0.39 is 51.3 Å². The summed E-state index contributed by atoms with van der Waals surface area (Å²) in [6.07, 6.45) is -6.65. The summed E-state index contributed by atoms with van der Waals surface area (Å²) >= 11 is 0. The first-order chi connectivity index (χ1) is 14.1. The molecule has 1 aromatic rings. The zero-order chi connectivity index (χ0) is 25.4. The van der Waals surface area contributed by atoms with Crippen molar-refractivity contribution >= 4 is 22.8 Å². The second kappa shape index (κ2) is 8.75. The van der Waals surface area contributed by atoms with Crippen LogP contribution in [0.1, 0.15) is 26.3 Å². The minimum atomic E-state index is -7.59. The van der Waals surface area contributed by atoms with Crippen molar-refractivity contribution in [1.82, 2.24) is 0 Å². The van der Waals surface area contributed by atoms with Crippen molar-refractivity contribution in [3.8, 4) is 0 Å². The van der Waals surface area contributed by atoms with Crippen molar-refractivity contribution < 1.29 is 52.5 Å². The summed E-state index contributed by atoms with van der Waals surface area (Å²) in [6.45, 7) is 3.40. The molecule has 0 bridgehead atoms. The molecule has 2 nitrogen and oxygen atoms in total. The molecule has 182 valence electrons. The molecule has 1 aromatic carbocycles. The molecule has 0 N–H and O–H groups in total. The first-order valence-electron chi connectivity index (χ1n) is 8.43. The van der Waals surface area contributed by atoms with Gasteiger partial charge in [0.15, 0.2) is 0 Å². The van der Waals surface area contributed by atoms with Crippen LogP contribution in [-0.4, -0.2) is 44.5 Å². The van der Waals surface area contributed by atoms with Crippen LogP contribution in [0, 0.1) is 0 Å². The third-order valence-electron chi connectivity index (χ3n) is 3.80. The highest BCUT2D eigenvalue weighted by atomic mass is 32.2. The number of rotatable bonds is 7. The van der Waals surface area contributed by atoms with Gasteiger partial charge in [0.05, 0.1) is 4.75 Å². The summed E-state index contributed by atoms with van der Waals surface area (Å²) < 4.78 is 161. The van der Waals surface area contributed by atoms with Crippen LogP contribution in [0.3, 0.4) is 0 Å². The third kappa shape index (κ3) is 5.15. The molecule has 1 atom stereocenters. The van der Waals surface area contributed by atoms with E-state index in [0.717, 1.165) is 20.8 Å². The Balaban J connectivity index is 3.70. The molecule has 1 rings (SSSR count). The van der Waals surface area contributed by atoms with Crippen LogP contribution in [0.4, 0.5) is 48.3 Å². The Morgan fingerprint density at radius 3 is 1.66 bits per heavy atom.